The van der Waals surface area contributed by atoms with E-state index in [4.69, 9.17) is 0 Å². The van der Waals surface area contributed by atoms with Crippen LogP contribution in [0.2, 0.25) is 0 Å². The summed E-state index contributed by atoms with van der Waals surface area (Å²) in [5.74, 6) is -0.834. The fourth-order valence-electron chi connectivity index (χ4n) is 2.96. The van der Waals surface area contributed by atoms with Gasteiger partial charge in [-0.25, -0.2) is 8.42 Å². The van der Waals surface area contributed by atoms with Crippen molar-refractivity contribution in [3.63, 3.8) is 0 Å². The number of ether oxygens (including phenoxy) is 2. The minimum atomic E-state index is -3.73. The number of rotatable bonds is 5. The molecular formula is C15H18F2N2O5S. The highest BCUT2D eigenvalue weighted by Gasteiger charge is 2.43. The summed E-state index contributed by atoms with van der Waals surface area (Å²) in [5, 5.41) is 2.56. The zero-order valence-electron chi connectivity index (χ0n) is 13.5. The lowest BCUT2D eigenvalue weighted by molar-refractivity contribution is -0.286. The second-order valence-corrected chi connectivity index (χ2v) is 7.94. The van der Waals surface area contributed by atoms with Gasteiger partial charge in [0.1, 0.15) is 6.04 Å². The number of alkyl halides is 2. The molecule has 7 nitrogen and oxygen atoms in total. The standard InChI is InChI=1S/C15H18F2N2O5S/c1-2-8-25(21,22)19-7-3-4-11(19)14(20)18-10-5-6-12-13(9-10)24-15(16,17)23-12/h5-6,9,11H,2-4,7-8H2,1H3,(H,18,20)/t11-/m1/s1. The molecular weight excluding hydrogens is 358 g/mol. The summed E-state index contributed by atoms with van der Waals surface area (Å²) < 4.78 is 60.4. The van der Waals surface area contributed by atoms with Gasteiger partial charge in [-0.15, -0.1) is 8.78 Å². The Morgan fingerprint density at radius 2 is 2.08 bits per heavy atom. The molecule has 1 saturated heterocycles. The summed E-state index contributed by atoms with van der Waals surface area (Å²) in [4.78, 5) is 12.5. The summed E-state index contributed by atoms with van der Waals surface area (Å²) in [7, 11) is -3.49. The first-order valence-corrected chi connectivity index (χ1v) is 9.53. The van der Waals surface area contributed by atoms with Gasteiger partial charge in [0, 0.05) is 18.3 Å². The van der Waals surface area contributed by atoms with Crippen molar-refractivity contribution < 1.29 is 31.5 Å². The van der Waals surface area contributed by atoms with Crippen molar-refractivity contribution in [1.82, 2.24) is 4.31 Å². The summed E-state index contributed by atoms with van der Waals surface area (Å²) in [6.07, 6.45) is -2.27. The van der Waals surface area contributed by atoms with Crippen LogP contribution in [-0.4, -0.2) is 43.3 Å². The maximum atomic E-state index is 13.0. The second kappa shape index (κ2) is 6.41. The van der Waals surface area contributed by atoms with Gasteiger partial charge in [0.05, 0.1) is 5.75 Å². The van der Waals surface area contributed by atoms with E-state index >= 15 is 0 Å². The lowest BCUT2D eigenvalue weighted by atomic mass is 10.2. The van der Waals surface area contributed by atoms with Crippen molar-refractivity contribution >= 4 is 21.6 Å². The monoisotopic (exact) mass is 376 g/mol. The van der Waals surface area contributed by atoms with Gasteiger partial charge in [-0.05, 0) is 31.4 Å². The average Bonchev–Trinajstić information content (AvgIpc) is 3.09. The van der Waals surface area contributed by atoms with Crippen LogP contribution in [0.1, 0.15) is 26.2 Å². The van der Waals surface area contributed by atoms with Gasteiger partial charge >= 0.3 is 6.29 Å². The molecule has 2 aliphatic rings. The van der Waals surface area contributed by atoms with Crippen LogP contribution in [0.3, 0.4) is 0 Å². The number of anilines is 1. The minimum absolute atomic E-state index is 0.0180. The lowest BCUT2D eigenvalue weighted by Gasteiger charge is -2.23. The van der Waals surface area contributed by atoms with Gasteiger partial charge in [0.25, 0.3) is 0 Å². The number of sulfonamides is 1. The van der Waals surface area contributed by atoms with Crippen molar-refractivity contribution in [2.75, 3.05) is 17.6 Å². The number of halogens is 2. The van der Waals surface area contributed by atoms with Crippen LogP contribution in [0, 0.1) is 0 Å². The molecule has 1 N–H and O–H groups in total. The third-order valence-electron chi connectivity index (χ3n) is 3.99. The van der Waals surface area contributed by atoms with Crippen molar-refractivity contribution in [2.24, 2.45) is 0 Å². The van der Waals surface area contributed by atoms with E-state index in [1.54, 1.807) is 6.92 Å². The van der Waals surface area contributed by atoms with E-state index in [0.29, 0.717) is 25.8 Å². The smallest absolute Gasteiger partial charge is 0.395 e. The number of nitrogens with one attached hydrogen (secondary N) is 1. The topological polar surface area (TPSA) is 84.9 Å². The fourth-order valence-corrected chi connectivity index (χ4v) is 4.71. The molecule has 0 aliphatic carbocycles. The molecule has 0 spiro atoms. The fraction of sp³-hybridized carbons (Fsp3) is 0.533. The highest BCUT2D eigenvalue weighted by atomic mass is 32.2. The van der Waals surface area contributed by atoms with Crippen molar-refractivity contribution in [3.8, 4) is 11.5 Å². The van der Waals surface area contributed by atoms with E-state index < -0.39 is 28.3 Å². The summed E-state index contributed by atoms with van der Waals surface area (Å²) in [6, 6.07) is 3.06. The number of hydrogen-bond acceptors (Lipinski definition) is 5. The summed E-state index contributed by atoms with van der Waals surface area (Å²) in [6.45, 7) is 2.05. The number of hydrogen-bond donors (Lipinski definition) is 1. The Hall–Kier alpha value is -1.94. The molecule has 1 atom stereocenters. The van der Waals surface area contributed by atoms with Gasteiger partial charge in [-0.3, -0.25) is 4.79 Å². The first kappa shape index (κ1) is 17.9. The average molecular weight is 376 g/mol. The second-order valence-electron chi connectivity index (χ2n) is 5.90. The van der Waals surface area contributed by atoms with Crippen molar-refractivity contribution in [3.05, 3.63) is 18.2 Å². The van der Waals surface area contributed by atoms with E-state index in [1.165, 1.54) is 22.5 Å². The van der Waals surface area contributed by atoms with E-state index in [9.17, 15) is 22.0 Å². The first-order valence-electron chi connectivity index (χ1n) is 7.92. The van der Waals surface area contributed by atoms with Crippen molar-refractivity contribution in [2.45, 2.75) is 38.5 Å². The Balaban J connectivity index is 1.73. The Morgan fingerprint density at radius 3 is 2.80 bits per heavy atom. The minimum Gasteiger partial charge on any atom is -0.395 e. The Bertz CT molecular complexity index is 784. The molecule has 1 aromatic carbocycles. The highest BCUT2D eigenvalue weighted by Crippen LogP contribution is 2.42. The van der Waals surface area contributed by atoms with Gasteiger partial charge in [0.15, 0.2) is 11.5 Å². The number of amides is 1. The number of carbonyl (C=O) groups excluding carboxylic acids is 1. The number of nitrogens with zero attached hydrogens (tertiary/aromatic N) is 1. The number of carbonyl (C=O) groups is 1. The van der Waals surface area contributed by atoms with E-state index in [-0.39, 0.29) is 22.9 Å². The van der Waals surface area contributed by atoms with Crippen LogP contribution in [-0.2, 0) is 14.8 Å². The summed E-state index contributed by atoms with van der Waals surface area (Å²) >= 11 is 0. The molecule has 0 bridgehead atoms. The molecule has 0 saturated carbocycles. The van der Waals surface area contributed by atoms with Gasteiger partial charge in [-0.2, -0.15) is 4.31 Å². The molecule has 2 heterocycles. The molecule has 0 radical (unpaired) electrons. The number of fused-ring (bicyclic) bond motifs is 1. The Kier molecular flexibility index (Phi) is 4.58. The molecule has 0 aromatic heterocycles. The van der Waals surface area contributed by atoms with Crippen LogP contribution >= 0.6 is 0 Å². The largest absolute Gasteiger partial charge is 0.586 e. The van der Waals surface area contributed by atoms with Crippen LogP contribution in [0.25, 0.3) is 0 Å². The molecule has 3 rings (SSSR count). The summed E-state index contributed by atoms with van der Waals surface area (Å²) in [5.41, 5.74) is 0.227. The predicted octanol–water partition coefficient (Wildman–Crippen LogP) is 2.15. The molecule has 1 amide bonds. The molecule has 25 heavy (non-hydrogen) atoms. The van der Waals surface area contributed by atoms with E-state index in [1.807, 2.05) is 0 Å². The quantitative estimate of drug-likeness (QED) is 0.851. The zero-order chi connectivity index (χ0) is 18.2. The maximum Gasteiger partial charge on any atom is 0.586 e. The molecule has 10 heteroatoms. The number of benzene rings is 1. The maximum absolute atomic E-state index is 13.0. The van der Waals surface area contributed by atoms with Gasteiger partial charge in [-0.1, -0.05) is 6.92 Å². The van der Waals surface area contributed by atoms with Crippen LogP contribution in [0.4, 0.5) is 14.5 Å². The van der Waals surface area contributed by atoms with Crippen LogP contribution in [0.5, 0.6) is 11.5 Å². The normalized spacial score (nSPS) is 22.1. The first-order chi connectivity index (χ1) is 11.7. The lowest BCUT2D eigenvalue weighted by Crippen LogP contribution is -2.44. The van der Waals surface area contributed by atoms with Crippen LogP contribution in [0.15, 0.2) is 18.2 Å². The highest BCUT2D eigenvalue weighted by molar-refractivity contribution is 7.89. The van der Waals surface area contributed by atoms with Gasteiger partial charge < -0.3 is 14.8 Å². The third kappa shape index (κ3) is 3.69. The van der Waals surface area contributed by atoms with E-state index in [2.05, 4.69) is 14.8 Å². The Morgan fingerprint density at radius 1 is 1.36 bits per heavy atom. The molecule has 1 fully saturated rings. The van der Waals surface area contributed by atoms with Crippen LogP contribution < -0.4 is 14.8 Å². The zero-order valence-corrected chi connectivity index (χ0v) is 14.3. The SMILES string of the molecule is CCCS(=O)(=O)N1CCC[C@@H]1C(=O)Nc1ccc2c(c1)OC(F)(F)O2. The predicted molar refractivity (Wildman–Crippen MR) is 85.1 cm³/mol. The molecule has 138 valence electrons. The molecule has 0 unspecified atom stereocenters. The third-order valence-corrected chi connectivity index (χ3v) is 6.07. The van der Waals surface area contributed by atoms with Crippen molar-refractivity contribution in [1.29, 1.82) is 0 Å². The Labute approximate surface area is 143 Å². The molecule has 1 aromatic rings. The van der Waals surface area contributed by atoms with E-state index in [0.717, 1.165) is 0 Å². The van der Waals surface area contributed by atoms with Gasteiger partial charge in [0.2, 0.25) is 15.9 Å². The molecule has 2 aliphatic heterocycles.